The van der Waals surface area contributed by atoms with E-state index < -0.39 is 5.97 Å². The van der Waals surface area contributed by atoms with E-state index >= 15 is 0 Å². The lowest BCUT2D eigenvalue weighted by atomic mass is 9.61. The van der Waals surface area contributed by atoms with E-state index in [9.17, 15) is 9.90 Å². The number of thiol groups is 2. The molecular formula is C18H14O2S2. The van der Waals surface area contributed by atoms with Crippen LogP contribution in [0.4, 0.5) is 0 Å². The van der Waals surface area contributed by atoms with Crippen LogP contribution >= 0.6 is 25.3 Å². The van der Waals surface area contributed by atoms with Crippen molar-refractivity contribution in [1.29, 1.82) is 0 Å². The Morgan fingerprint density at radius 1 is 0.909 bits per heavy atom. The molecule has 0 saturated heterocycles. The first-order valence-electron chi connectivity index (χ1n) is 7.08. The average Bonchev–Trinajstić information content (AvgIpc) is 2.46. The highest BCUT2D eigenvalue weighted by molar-refractivity contribution is 7.80. The second-order valence-electron chi connectivity index (χ2n) is 5.89. The molecule has 2 unspecified atom stereocenters. The fourth-order valence-corrected chi connectivity index (χ4v) is 4.37. The minimum Gasteiger partial charge on any atom is -0.478 e. The van der Waals surface area contributed by atoms with Gasteiger partial charge >= 0.3 is 5.97 Å². The Kier molecular flexibility index (Phi) is 2.97. The Balaban J connectivity index is 2.09. The molecule has 2 bridgehead atoms. The summed E-state index contributed by atoms with van der Waals surface area (Å²) < 4.78 is 0. The summed E-state index contributed by atoms with van der Waals surface area (Å²) in [6.07, 6.45) is 0. The highest BCUT2D eigenvalue weighted by Gasteiger charge is 2.43. The smallest absolute Gasteiger partial charge is 0.332 e. The highest BCUT2D eigenvalue weighted by Crippen LogP contribution is 2.55. The molecule has 0 heterocycles. The van der Waals surface area contributed by atoms with Crippen molar-refractivity contribution in [3.05, 3.63) is 69.8 Å². The molecule has 2 atom stereocenters. The standard InChI is InChI=1S/C18H14O2S2/c1-8-15-11-4-2-10(22)7-14(11)17(16(8)18(19)20)12-5-3-9(21)6-13(12)15/h2-7,15,17,21-22H,1H3,(H,19,20). The van der Waals surface area contributed by atoms with E-state index in [1.165, 1.54) is 11.1 Å². The lowest BCUT2D eigenvalue weighted by Crippen LogP contribution is -2.30. The number of carbonyl (C=O) groups is 1. The van der Waals surface area contributed by atoms with Gasteiger partial charge in [0.15, 0.2) is 0 Å². The number of hydrogen-bond acceptors (Lipinski definition) is 3. The fraction of sp³-hybridized carbons (Fsp3) is 0.167. The summed E-state index contributed by atoms with van der Waals surface area (Å²) in [4.78, 5) is 13.6. The van der Waals surface area contributed by atoms with Gasteiger partial charge in [-0.3, -0.25) is 0 Å². The molecule has 0 saturated carbocycles. The maximum absolute atomic E-state index is 11.8. The molecule has 0 fully saturated rings. The minimum atomic E-state index is -0.830. The molecule has 110 valence electrons. The average molecular weight is 326 g/mol. The van der Waals surface area contributed by atoms with E-state index in [4.69, 9.17) is 0 Å². The van der Waals surface area contributed by atoms with Crippen molar-refractivity contribution in [1.82, 2.24) is 0 Å². The lowest BCUT2D eigenvalue weighted by Gasteiger charge is -2.41. The van der Waals surface area contributed by atoms with E-state index in [0.29, 0.717) is 5.57 Å². The molecule has 0 amide bonds. The minimum absolute atomic E-state index is 0.00198. The molecule has 3 aliphatic carbocycles. The van der Waals surface area contributed by atoms with Gasteiger partial charge in [0.05, 0.1) is 0 Å². The highest BCUT2D eigenvalue weighted by atomic mass is 32.1. The van der Waals surface area contributed by atoms with Crippen LogP contribution < -0.4 is 0 Å². The van der Waals surface area contributed by atoms with Gasteiger partial charge in [0.2, 0.25) is 0 Å². The van der Waals surface area contributed by atoms with Crippen LogP contribution in [0.5, 0.6) is 0 Å². The summed E-state index contributed by atoms with van der Waals surface area (Å²) in [5, 5.41) is 9.71. The quantitative estimate of drug-likeness (QED) is 0.685. The van der Waals surface area contributed by atoms with Crippen LogP contribution in [0.1, 0.15) is 41.0 Å². The third kappa shape index (κ3) is 1.74. The van der Waals surface area contributed by atoms with E-state index in [2.05, 4.69) is 37.4 Å². The number of carboxylic acid groups (broad SMARTS) is 1. The summed E-state index contributed by atoms with van der Waals surface area (Å²) in [6.45, 7) is 1.94. The van der Waals surface area contributed by atoms with Gasteiger partial charge in [-0.2, -0.15) is 0 Å². The number of rotatable bonds is 1. The van der Waals surface area contributed by atoms with Crippen molar-refractivity contribution < 1.29 is 9.90 Å². The Bertz CT molecular complexity index is 867. The van der Waals surface area contributed by atoms with E-state index in [1.807, 2.05) is 31.2 Å². The van der Waals surface area contributed by atoms with Gasteiger partial charge in [-0.25, -0.2) is 4.79 Å². The lowest BCUT2D eigenvalue weighted by molar-refractivity contribution is -0.133. The van der Waals surface area contributed by atoms with Crippen molar-refractivity contribution in [2.75, 3.05) is 0 Å². The Morgan fingerprint density at radius 3 is 1.95 bits per heavy atom. The Labute approximate surface area is 139 Å². The van der Waals surface area contributed by atoms with Crippen LogP contribution in [0.2, 0.25) is 0 Å². The normalized spacial score (nSPS) is 21.6. The third-order valence-corrected chi connectivity index (χ3v) is 5.32. The molecule has 2 nitrogen and oxygen atoms in total. The van der Waals surface area contributed by atoms with Crippen LogP contribution in [0, 0.1) is 0 Å². The van der Waals surface area contributed by atoms with Gasteiger partial charge in [0, 0.05) is 27.2 Å². The molecule has 0 spiro atoms. The molecule has 22 heavy (non-hydrogen) atoms. The van der Waals surface area contributed by atoms with Gasteiger partial charge < -0.3 is 5.11 Å². The van der Waals surface area contributed by atoms with Crippen molar-refractivity contribution in [3.8, 4) is 0 Å². The van der Waals surface area contributed by atoms with Gasteiger partial charge in [-0.15, -0.1) is 25.3 Å². The summed E-state index contributed by atoms with van der Waals surface area (Å²) >= 11 is 8.87. The number of benzene rings is 2. The maximum atomic E-state index is 11.8. The first-order valence-corrected chi connectivity index (χ1v) is 7.98. The first-order chi connectivity index (χ1) is 10.5. The summed E-state index contributed by atoms with van der Waals surface area (Å²) in [5.74, 6) is -1.04. The fourth-order valence-electron chi connectivity index (χ4n) is 3.94. The number of aliphatic carboxylic acids is 1. The van der Waals surface area contributed by atoms with Crippen molar-refractivity contribution in [2.24, 2.45) is 0 Å². The van der Waals surface area contributed by atoms with Crippen LogP contribution in [0.3, 0.4) is 0 Å². The molecule has 4 heteroatoms. The molecule has 2 aromatic rings. The predicted octanol–water partition coefficient (Wildman–Crippen LogP) is 4.26. The molecule has 0 aromatic heterocycles. The van der Waals surface area contributed by atoms with Crippen LogP contribution in [-0.4, -0.2) is 11.1 Å². The molecule has 5 rings (SSSR count). The topological polar surface area (TPSA) is 37.3 Å². The SMILES string of the molecule is CC1=C(C(=O)O)C2c3ccc(S)cc3C1c1ccc(S)cc12. The molecule has 0 radical (unpaired) electrons. The summed E-state index contributed by atoms with van der Waals surface area (Å²) in [5.41, 5.74) is 5.97. The van der Waals surface area contributed by atoms with E-state index in [0.717, 1.165) is 26.5 Å². The zero-order valence-corrected chi connectivity index (χ0v) is 13.7. The second kappa shape index (κ2) is 4.67. The zero-order chi connectivity index (χ0) is 15.6. The number of hydrogen-bond donors (Lipinski definition) is 3. The van der Waals surface area contributed by atoms with Crippen LogP contribution in [0.25, 0.3) is 0 Å². The van der Waals surface area contributed by atoms with E-state index in [-0.39, 0.29) is 11.8 Å². The molecule has 3 aliphatic rings. The van der Waals surface area contributed by atoms with E-state index in [1.54, 1.807) is 0 Å². The van der Waals surface area contributed by atoms with Crippen molar-refractivity contribution in [3.63, 3.8) is 0 Å². The van der Waals surface area contributed by atoms with Crippen molar-refractivity contribution >= 4 is 31.2 Å². The van der Waals surface area contributed by atoms with Gasteiger partial charge in [-0.1, -0.05) is 12.1 Å². The summed E-state index contributed by atoms with van der Waals surface area (Å²) in [7, 11) is 0. The Hall–Kier alpha value is -1.65. The first kappa shape index (κ1) is 14.0. The second-order valence-corrected chi connectivity index (χ2v) is 6.93. The maximum Gasteiger partial charge on any atom is 0.332 e. The van der Waals surface area contributed by atoms with Crippen LogP contribution in [-0.2, 0) is 4.79 Å². The van der Waals surface area contributed by atoms with Gasteiger partial charge in [0.1, 0.15) is 0 Å². The number of carboxylic acids is 1. The number of allylic oxidation sites excluding steroid dienone is 1. The van der Waals surface area contributed by atoms with Gasteiger partial charge in [0.25, 0.3) is 0 Å². The predicted molar refractivity (Wildman–Crippen MR) is 91.4 cm³/mol. The van der Waals surface area contributed by atoms with Crippen LogP contribution in [0.15, 0.2) is 57.3 Å². The zero-order valence-electron chi connectivity index (χ0n) is 11.9. The molecule has 1 N–H and O–H groups in total. The van der Waals surface area contributed by atoms with Gasteiger partial charge in [-0.05, 0) is 59.0 Å². The molecular weight excluding hydrogens is 312 g/mol. The molecule has 2 aromatic carbocycles. The largest absolute Gasteiger partial charge is 0.478 e. The monoisotopic (exact) mass is 326 g/mol. The Morgan fingerprint density at radius 2 is 1.41 bits per heavy atom. The van der Waals surface area contributed by atoms with Crippen molar-refractivity contribution in [2.45, 2.75) is 28.6 Å². The molecule has 0 aliphatic heterocycles. The third-order valence-electron chi connectivity index (χ3n) is 4.76. The summed E-state index contributed by atoms with van der Waals surface area (Å²) in [6, 6.07) is 12.1.